The molecule has 0 radical (unpaired) electrons. The van der Waals surface area contributed by atoms with Crippen LogP contribution in [-0.4, -0.2) is 19.2 Å². The Hall–Kier alpha value is -2.75. The van der Waals surface area contributed by atoms with Crippen LogP contribution in [0.3, 0.4) is 0 Å². The molecule has 0 bridgehead atoms. The summed E-state index contributed by atoms with van der Waals surface area (Å²) in [5.74, 6) is 0. The highest BCUT2D eigenvalue weighted by molar-refractivity contribution is 5.78. The van der Waals surface area contributed by atoms with E-state index in [1.54, 1.807) is 30.3 Å². The molecular formula is C20H18F6N2O2. The summed E-state index contributed by atoms with van der Waals surface area (Å²) in [6.07, 6.45) is -11.0. The van der Waals surface area contributed by atoms with Crippen molar-refractivity contribution >= 4 is 6.03 Å². The van der Waals surface area contributed by atoms with Gasteiger partial charge in [0.25, 0.3) is 0 Å². The van der Waals surface area contributed by atoms with E-state index >= 15 is 0 Å². The van der Waals surface area contributed by atoms with Crippen molar-refractivity contribution in [1.82, 2.24) is 10.6 Å². The first-order valence-corrected chi connectivity index (χ1v) is 8.93. The van der Waals surface area contributed by atoms with Gasteiger partial charge in [-0.05, 0) is 36.2 Å². The molecule has 0 aromatic heterocycles. The highest BCUT2D eigenvalue weighted by Gasteiger charge is 2.41. The Kier molecular flexibility index (Phi) is 5.72. The zero-order valence-corrected chi connectivity index (χ0v) is 15.7. The molecule has 4 nitrogen and oxygen atoms in total. The second-order valence-corrected chi connectivity index (χ2v) is 7.05. The van der Waals surface area contributed by atoms with Gasteiger partial charge in [-0.3, -0.25) is 0 Å². The van der Waals surface area contributed by atoms with Crippen molar-refractivity contribution in [2.45, 2.75) is 30.9 Å². The van der Waals surface area contributed by atoms with Crippen LogP contribution in [0.4, 0.5) is 31.1 Å². The summed E-state index contributed by atoms with van der Waals surface area (Å²) in [4.78, 5) is 11.7. The maximum Gasteiger partial charge on any atom is 0.416 e. The van der Waals surface area contributed by atoms with Crippen molar-refractivity contribution < 1.29 is 35.9 Å². The van der Waals surface area contributed by atoms with Gasteiger partial charge >= 0.3 is 18.4 Å². The number of halogens is 6. The van der Waals surface area contributed by atoms with Crippen LogP contribution in [-0.2, 0) is 22.6 Å². The van der Waals surface area contributed by atoms with Crippen molar-refractivity contribution in [3.8, 4) is 0 Å². The molecule has 30 heavy (non-hydrogen) atoms. The Morgan fingerprint density at radius 2 is 1.57 bits per heavy atom. The molecule has 1 aliphatic rings. The van der Waals surface area contributed by atoms with E-state index in [0.29, 0.717) is 17.7 Å². The SMILES string of the molecule is C[C@@H](OC[C@]1(c2ccccc2)CNC(=O)N1)c1cc(C(F)(F)F)cc(C(F)(F)F)c1. The molecule has 2 aromatic carbocycles. The number of hydrogen-bond donors (Lipinski definition) is 2. The smallest absolute Gasteiger partial charge is 0.371 e. The minimum atomic E-state index is -4.94. The lowest BCUT2D eigenvalue weighted by Crippen LogP contribution is -2.45. The van der Waals surface area contributed by atoms with Gasteiger partial charge in [-0.15, -0.1) is 0 Å². The van der Waals surface area contributed by atoms with Gasteiger partial charge in [0, 0.05) is 6.54 Å². The number of ether oxygens (including phenoxy) is 1. The first-order chi connectivity index (χ1) is 13.9. The molecule has 2 N–H and O–H groups in total. The predicted octanol–water partition coefficient (Wildman–Crippen LogP) is 5.01. The van der Waals surface area contributed by atoms with Gasteiger partial charge in [0.05, 0.1) is 23.8 Å². The normalized spacial score (nSPS) is 20.6. The number of carbonyl (C=O) groups is 1. The van der Waals surface area contributed by atoms with Crippen LogP contribution in [0, 0.1) is 0 Å². The minimum absolute atomic E-state index is 0.0722. The van der Waals surface area contributed by atoms with E-state index in [2.05, 4.69) is 10.6 Å². The minimum Gasteiger partial charge on any atom is -0.371 e. The average molecular weight is 432 g/mol. The second kappa shape index (κ2) is 7.82. The third kappa shape index (κ3) is 4.69. The van der Waals surface area contributed by atoms with Gasteiger partial charge in [0.1, 0.15) is 5.54 Å². The lowest BCUT2D eigenvalue weighted by molar-refractivity contribution is -0.143. The van der Waals surface area contributed by atoms with E-state index in [1.807, 2.05) is 0 Å². The Morgan fingerprint density at radius 3 is 2.03 bits per heavy atom. The molecule has 0 aliphatic carbocycles. The topological polar surface area (TPSA) is 50.4 Å². The molecule has 1 aliphatic heterocycles. The maximum atomic E-state index is 13.1. The summed E-state index contributed by atoms with van der Waals surface area (Å²) in [5, 5.41) is 5.33. The van der Waals surface area contributed by atoms with Crippen LogP contribution in [0.1, 0.15) is 35.3 Å². The molecule has 3 rings (SSSR count). The highest BCUT2D eigenvalue weighted by atomic mass is 19.4. The van der Waals surface area contributed by atoms with Gasteiger partial charge in [0.15, 0.2) is 0 Å². The number of nitrogens with one attached hydrogen (secondary N) is 2. The summed E-state index contributed by atoms with van der Waals surface area (Å²) >= 11 is 0. The molecule has 1 heterocycles. The van der Waals surface area contributed by atoms with Crippen molar-refractivity contribution in [3.05, 3.63) is 70.8 Å². The summed E-state index contributed by atoms with van der Waals surface area (Å²) in [7, 11) is 0. The number of benzene rings is 2. The molecular weight excluding hydrogens is 414 g/mol. The third-order valence-corrected chi connectivity index (χ3v) is 4.89. The van der Waals surface area contributed by atoms with Gasteiger partial charge in [0.2, 0.25) is 0 Å². The molecule has 162 valence electrons. The summed E-state index contributed by atoms with van der Waals surface area (Å²) in [6, 6.07) is 9.64. The molecule has 0 unspecified atom stereocenters. The second-order valence-electron chi connectivity index (χ2n) is 7.05. The highest BCUT2D eigenvalue weighted by Crippen LogP contribution is 2.38. The quantitative estimate of drug-likeness (QED) is 0.653. The number of carbonyl (C=O) groups excluding carboxylic acids is 1. The first kappa shape index (κ1) is 21.9. The van der Waals surface area contributed by atoms with E-state index in [9.17, 15) is 31.1 Å². The summed E-state index contributed by atoms with van der Waals surface area (Å²) in [5.41, 5.74) is -3.39. The molecule has 0 spiro atoms. The van der Waals surface area contributed by atoms with Crippen LogP contribution >= 0.6 is 0 Å². The largest absolute Gasteiger partial charge is 0.416 e. The van der Waals surface area contributed by atoms with Crippen molar-refractivity contribution in [3.63, 3.8) is 0 Å². The molecule has 1 fully saturated rings. The molecule has 2 amide bonds. The molecule has 10 heteroatoms. The van der Waals surface area contributed by atoms with E-state index in [-0.39, 0.29) is 24.8 Å². The Bertz CT molecular complexity index is 881. The summed E-state index contributed by atoms with van der Waals surface area (Å²) < 4.78 is 84.2. The molecule has 2 aromatic rings. The molecule has 0 saturated carbocycles. The van der Waals surface area contributed by atoms with E-state index < -0.39 is 41.2 Å². The Morgan fingerprint density at radius 1 is 1.00 bits per heavy atom. The lowest BCUT2D eigenvalue weighted by Gasteiger charge is -2.30. The van der Waals surface area contributed by atoms with Gasteiger partial charge in [-0.25, -0.2) is 4.79 Å². The number of hydrogen-bond acceptors (Lipinski definition) is 2. The van der Waals surface area contributed by atoms with Crippen LogP contribution in [0.25, 0.3) is 0 Å². The van der Waals surface area contributed by atoms with E-state index in [1.165, 1.54) is 6.92 Å². The van der Waals surface area contributed by atoms with E-state index in [4.69, 9.17) is 4.74 Å². The molecule has 1 saturated heterocycles. The standard InChI is InChI=1S/C20H18F6N2O2/c1-12(13-7-15(19(21,22)23)9-16(8-13)20(24,25)26)30-11-18(10-27-17(29)28-18)14-5-3-2-4-6-14/h2-9,12H,10-11H2,1H3,(H2,27,28,29)/t12-,18+/m1/s1. The fraction of sp³-hybridized carbons (Fsp3) is 0.350. The van der Waals surface area contributed by atoms with Gasteiger partial charge in [-0.1, -0.05) is 30.3 Å². The number of amides is 2. The Labute approximate surface area is 168 Å². The van der Waals surface area contributed by atoms with Gasteiger partial charge < -0.3 is 15.4 Å². The monoisotopic (exact) mass is 432 g/mol. The first-order valence-electron chi connectivity index (χ1n) is 8.93. The van der Waals surface area contributed by atoms with Crippen LogP contribution < -0.4 is 10.6 Å². The number of rotatable bonds is 5. The van der Waals surface area contributed by atoms with Crippen molar-refractivity contribution in [2.75, 3.05) is 13.2 Å². The maximum absolute atomic E-state index is 13.1. The lowest BCUT2D eigenvalue weighted by atomic mass is 9.91. The third-order valence-electron chi connectivity index (χ3n) is 4.89. The number of alkyl halides is 6. The fourth-order valence-corrected chi connectivity index (χ4v) is 3.22. The summed E-state index contributed by atoms with van der Waals surface area (Å²) in [6.45, 7) is 1.35. The van der Waals surface area contributed by atoms with Gasteiger partial charge in [-0.2, -0.15) is 26.3 Å². The van der Waals surface area contributed by atoms with Crippen molar-refractivity contribution in [2.24, 2.45) is 0 Å². The fourth-order valence-electron chi connectivity index (χ4n) is 3.22. The number of urea groups is 1. The van der Waals surface area contributed by atoms with E-state index in [0.717, 1.165) is 0 Å². The Balaban J connectivity index is 1.88. The predicted molar refractivity (Wildman–Crippen MR) is 95.5 cm³/mol. The van der Waals surface area contributed by atoms with Crippen LogP contribution in [0.2, 0.25) is 0 Å². The zero-order valence-electron chi connectivity index (χ0n) is 15.7. The molecule has 2 atom stereocenters. The zero-order chi connectivity index (χ0) is 22.2. The van der Waals surface area contributed by atoms with Crippen molar-refractivity contribution in [1.29, 1.82) is 0 Å². The average Bonchev–Trinajstić information content (AvgIpc) is 3.07. The van der Waals surface area contributed by atoms with Crippen LogP contribution in [0.5, 0.6) is 0 Å². The van der Waals surface area contributed by atoms with Crippen LogP contribution in [0.15, 0.2) is 48.5 Å².